The number of hydrogen-bond acceptors (Lipinski definition) is 4. The van der Waals surface area contributed by atoms with Crippen molar-refractivity contribution < 1.29 is 19.0 Å². The number of para-hydroxylation sites is 1. The lowest BCUT2D eigenvalue weighted by molar-refractivity contribution is -0.123. The molecule has 2 rings (SSSR count). The van der Waals surface area contributed by atoms with Crippen molar-refractivity contribution in [2.75, 3.05) is 6.61 Å². The van der Waals surface area contributed by atoms with Crippen LogP contribution in [0.25, 0.3) is 0 Å². The number of rotatable bonds is 6. The van der Waals surface area contributed by atoms with Gasteiger partial charge in [0.15, 0.2) is 6.61 Å². The van der Waals surface area contributed by atoms with Crippen LogP contribution in [0.4, 0.5) is 4.39 Å². The third-order valence-electron chi connectivity index (χ3n) is 3.12. The van der Waals surface area contributed by atoms with E-state index < -0.39 is 11.7 Å². The molecule has 0 spiro atoms. The van der Waals surface area contributed by atoms with Gasteiger partial charge in [0.1, 0.15) is 17.3 Å². The van der Waals surface area contributed by atoms with Crippen LogP contribution in [0.15, 0.2) is 47.6 Å². The molecule has 0 saturated heterocycles. The molecular formula is C17H16ClFN2O3. The molecule has 126 valence electrons. The number of carbonyl (C=O) groups excluding carboxylic acids is 1. The van der Waals surface area contributed by atoms with Crippen molar-refractivity contribution in [1.82, 2.24) is 5.43 Å². The molecule has 0 aromatic heterocycles. The number of hydrazone groups is 1. The number of ether oxygens (including phenoxy) is 1. The van der Waals surface area contributed by atoms with Gasteiger partial charge in [0.25, 0.3) is 5.91 Å². The van der Waals surface area contributed by atoms with Crippen LogP contribution < -0.4 is 10.2 Å². The van der Waals surface area contributed by atoms with E-state index in [1.807, 2.05) is 0 Å². The summed E-state index contributed by atoms with van der Waals surface area (Å²) in [5.41, 5.74) is 2.89. The minimum absolute atomic E-state index is 0.112. The third kappa shape index (κ3) is 4.70. The lowest BCUT2D eigenvalue weighted by Gasteiger charge is -2.09. The number of aromatic hydroxyl groups is 1. The van der Waals surface area contributed by atoms with Crippen molar-refractivity contribution in [3.05, 3.63) is 58.9 Å². The molecule has 0 radical (unpaired) electrons. The van der Waals surface area contributed by atoms with E-state index in [0.717, 1.165) is 12.1 Å². The number of benzene rings is 2. The molecular weight excluding hydrogens is 335 g/mol. The average Bonchev–Trinajstić information content (AvgIpc) is 2.57. The Morgan fingerprint density at radius 1 is 1.33 bits per heavy atom. The smallest absolute Gasteiger partial charge is 0.277 e. The zero-order chi connectivity index (χ0) is 17.5. The van der Waals surface area contributed by atoms with Gasteiger partial charge in [-0.2, -0.15) is 5.10 Å². The van der Waals surface area contributed by atoms with Crippen LogP contribution in [0.2, 0.25) is 5.02 Å². The summed E-state index contributed by atoms with van der Waals surface area (Å²) in [5.74, 6) is -0.732. The second-order valence-corrected chi connectivity index (χ2v) is 5.23. The maximum absolute atomic E-state index is 13.3. The van der Waals surface area contributed by atoms with Crippen LogP contribution in [0, 0.1) is 5.82 Å². The highest BCUT2D eigenvalue weighted by atomic mass is 35.5. The van der Waals surface area contributed by atoms with Crippen molar-refractivity contribution in [3.8, 4) is 11.5 Å². The van der Waals surface area contributed by atoms with Crippen molar-refractivity contribution in [2.24, 2.45) is 5.10 Å². The first kappa shape index (κ1) is 17.7. The lowest BCUT2D eigenvalue weighted by Crippen LogP contribution is -2.26. The molecule has 2 aromatic carbocycles. The lowest BCUT2D eigenvalue weighted by atomic mass is 10.1. The van der Waals surface area contributed by atoms with Crippen LogP contribution >= 0.6 is 11.6 Å². The van der Waals surface area contributed by atoms with Crippen LogP contribution in [0.1, 0.15) is 18.9 Å². The molecule has 1 amide bonds. The monoisotopic (exact) mass is 350 g/mol. The molecule has 0 aliphatic heterocycles. The SMILES string of the molecule is CC/C(=N\NC(=O)COc1ccccc1Cl)c1cc(F)ccc1O. The zero-order valence-electron chi connectivity index (χ0n) is 12.9. The van der Waals surface area contributed by atoms with Crippen LogP contribution in [0.3, 0.4) is 0 Å². The molecule has 0 fully saturated rings. The van der Waals surface area contributed by atoms with Crippen molar-refractivity contribution >= 4 is 23.2 Å². The number of nitrogens with zero attached hydrogens (tertiary/aromatic N) is 1. The summed E-state index contributed by atoms with van der Waals surface area (Å²) in [7, 11) is 0. The molecule has 0 aliphatic rings. The van der Waals surface area contributed by atoms with Gasteiger partial charge in [-0.15, -0.1) is 0 Å². The summed E-state index contributed by atoms with van der Waals surface area (Å²) < 4.78 is 18.6. The van der Waals surface area contributed by atoms with Gasteiger partial charge in [0.05, 0.1) is 10.7 Å². The molecule has 7 heteroatoms. The molecule has 0 aliphatic carbocycles. The first-order valence-electron chi connectivity index (χ1n) is 7.23. The number of amides is 1. The standard InChI is InChI=1S/C17H16ClFN2O3/c1-2-14(12-9-11(19)7-8-15(12)22)20-21-17(23)10-24-16-6-4-3-5-13(16)18/h3-9,22H,2,10H2,1H3,(H,21,23)/b20-14+. The summed E-state index contributed by atoms with van der Waals surface area (Å²) in [4.78, 5) is 11.8. The molecule has 0 atom stereocenters. The van der Waals surface area contributed by atoms with E-state index in [1.54, 1.807) is 31.2 Å². The molecule has 0 heterocycles. The third-order valence-corrected chi connectivity index (χ3v) is 3.43. The van der Waals surface area contributed by atoms with Crippen LogP contribution in [0.5, 0.6) is 11.5 Å². The number of nitrogens with one attached hydrogen (secondary N) is 1. The number of carbonyl (C=O) groups is 1. The van der Waals surface area contributed by atoms with Crippen molar-refractivity contribution in [1.29, 1.82) is 0 Å². The molecule has 2 N–H and O–H groups in total. The van der Waals surface area contributed by atoms with Gasteiger partial charge in [-0.1, -0.05) is 30.7 Å². The average molecular weight is 351 g/mol. The second-order valence-electron chi connectivity index (χ2n) is 4.83. The quantitative estimate of drug-likeness (QED) is 0.618. The number of hydrogen-bond donors (Lipinski definition) is 2. The van der Waals surface area contributed by atoms with Gasteiger partial charge in [0.2, 0.25) is 0 Å². The fourth-order valence-corrected chi connectivity index (χ4v) is 2.13. The minimum Gasteiger partial charge on any atom is -0.507 e. The Balaban J connectivity index is 2.01. The summed E-state index contributed by atoms with van der Waals surface area (Å²) in [6.07, 6.45) is 0.392. The second kappa shape index (κ2) is 8.31. The van der Waals surface area contributed by atoms with Gasteiger partial charge < -0.3 is 9.84 Å². The Morgan fingerprint density at radius 2 is 2.08 bits per heavy atom. The summed E-state index contributed by atoms with van der Waals surface area (Å²) in [6, 6.07) is 10.3. The van der Waals surface area contributed by atoms with Gasteiger partial charge in [0, 0.05) is 5.56 Å². The molecule has 5 nitrogen and oxygen atoms in total. The van der Waals surface area contributed by atoms with Crippen molar-refractivity contribution in [3.63, 3.8) is 0 Å². The normalized spacial score (nSPS) is 11.2. The largest absolute Gasteiger partial charge is 0.507 e. The predicted octanol–water partition coefficient (Wildman–Crippen LogP) is 3.49. The highest BCUT2D eigenvalue weighted by Gasteiger charge is 2.10. The topological polar surface area (TPSA) is 70.9 Å². The minimum atomic E-state index is -0.503. The molecule has 0 bridgehead atoms. The summed E-state index contributed by atoms with van der Waals surface area (Å²) in [5, 5.41) is 14.1. The van der Waals surface area contributed by atoms with Crippen LogP contribution in [-0.2, 0) is 4.79 Å². The van der Waals surface area contributed by atoms with Crippen LogP contribution in [-0.4, -0.2) is 23.3 Å². The van der Waals surface area contributed by atoms with E-state index in [1.165, 1.54) is 6.07 Å². The first-order chi connectivity index (χ1) is 11.5. The summed E-state index contributed by atoms with van der Waals surface area (Å²) in [6.45, 7) is 1.49. The van der Waals surface area contributed by atoms with E-state index in [-0.39, 0.29) is 17.9 Å². The highest BCUT2D eigenvalue weighted by molar-refractivity contribution is 6.32. The van der Waals surface area contributed by atoms with E-state index in [0.29, 0.717) is 22.9 Å². The number of phenols is 1. The Bertz CT molecular complexity index is 765. The number of phenolic OH excluding ortho intramolecular Hbond substituents is 1. The zero-order valence-corrected chi connectivity index (χ0v) is 13.7. The van der Waals surface area contributed by atoms with E-state index in [9.17, 15) is 14.3 Å². The highest BCUT2D eigenvalue weighted by Crippen LogP contribution is 2.23. The molecule has 2 aromatic rings. The van der Waals surface area contributed by atoms with E-state index >= 15 is 0 Å². The van der Waals surface area contributed by atoms with Gasteiger partial charge in [-0.25, -0.2) is 9.82 Å². The van der Waals surface area contributed by atoms with Gasteiger partial charge in [-0.3, -0.25) is 4.79 Å². The maximum Gasteiger partial charge on any atom is 0.277 e. The fraction of sp³-hybridized carbons (Fsp3) is 0.176. The van der Waals surface area contributed by atoms with E-state index in [4.69, 9.17) is 16.3 Å². The van der Waals surface area contributed by atoms with E-state index in [2.05, 4.69) is 10.5 Å². The Hall–Kier alpha value is -2.60. The predicted molar refractivity (Wildman–Crippen MR) is 90.0 cm³/mol. The van der Waals surface area contributed by atoms with Crippen molar-refractivity contribution in [2.45, 2.75) is 13.3 Å². The fourth-order valence-electron chi connectivity index (χ4n) is 1.94. The summed E-state index contributed by atoms with van der Waals surface area (Å²) >= 11 is 5.92. The van der Waals surface area contributed by atoms with Gasteiger partial charge >= 0.3 is 0 Å². The Morgan fingerprint density at radius 3 is 2.79 bits per heavy atom. The molecule has 0 unspecified atom stereocenters. The Labute approximate surface area is 143 Å². The number of halogens is 2. The maximum atomic E-state index is 13.3. The molecule has 24 heavy (non-hydrogen) atoms. The first-order valence-corrected chi connectivity index (χ1v) is 7.60. The van der Waals surface area contributed by atoms with Gasteiger partial charge in [-0.05, 0) is 36.8 Å². The molecule has 0 saturated carbocycles. The Kier molecular flexibility index (Phi) is 6.14.